The Labute approximate surface area is 306 Å². The molecule has 0 bridgehead atoms. The van der Waals surface area contributed by atoms with Gasteiger partial charge in [0.25, 0.3) is 0 Å². The first-order chi connectivity index (χ1) is 24.8. The van der Waals surface area contributed by atoms with Crippen molar-refractivity contribution in [3.05, 3.63) is 42.3 Å². The topological polar surface area (TPSA) is 186 Å². The first kappa shape index (κ1) is 36.9. The van der Waals surface area contributed by atoms with Crippen LogP contribution in [0.3, 0.4) is 0 Å². The highest BCUT2D eigenvalue weighted by Crippen LogP contribution is 2.46. The zero-order valence-corrected chi connectivity index (χ0v) is 31.0. The van der Waals surface area contributed by atoms with E-state index in [0.29, 0.717) is 40.0 Å². The molecule has 1 unspecified atom stereocenters. The van der Waals surface area contributed by atoms with Gasteiger partial charge in [0, 0.05) is 17.7 Å². The molecule has 0 radical (unpaired) electrons. The number of carbonyl (C=O) groups is 4. The summed E-state index contributed by atoms with van der Waals surface area (Å²) in [4.78, 5) is 64.0. The number of amides is 3. The molecule has 14 nitrogen and oxygen atoms in total. The molecule has 1 saturated heterocycles. The fourth-order valence-corrected chi connectivity index (χ4v) is 7.73. The van der Waals surface area contributed by atoms with Crippen LogP contribution in [-0.4, -0.2) is 84.4 Å². The SMILES string of the molecule is C=CC1C[C@]1(NC(=O)[C@@H]1C[C@@H](Oc2cc(-c3csc(N)n3)[nH+]c3cc(OC)ccc23)CN1C(=O)[C@@H](NC(=O)OC1CCCC1)C(C)(C)C)C(=O)OC. The number of aromatic amines is 1. The lowest BCUT2D eigenvalue weighted by Gasteiger charge is -2.35. The van der Waals surface area contributed by atoms with Crippen LogP contribution in [0.4, 0.5) is 9.93 Å². The van der Waals surface area contributed by atoms with E-state index in [1.165, 1.54) is 23.3 Å². The number of likely N-dealkylation sites (tertiary alicyclic amines) is 1. The van der Waals surface area contributed by atoms with Crippen LogP contribution in [0.1, 0.15) is 59.3 Å². The average molecular weight is 736 g/mol. The molecule has 3 aromatic rings. The lowest BCUT2D eigenvalue weighted by molar-refractivity contribution is -0.331. The molecule has 52 heavy (non-hydrogen) atoms. The number of thiazole rings is 1. The zero-order chi connectivity index (χ0) is 37.4. The van der Waals surface area contributed by atoms with Crippen LogP contribution in [0.5, 0.6) is 11.5 Å². The average Bonchev–Trinajstić information content (AvgIpc) is 3.52. The Balaban J connectivity index is 1.33. The van der Waals surface area contributed by atoms with Gasteiger partial charge in [0.1, 0.15) is 47.0 Å². The summed E-state index contributed by atoms with van der Waals surface area (Å²) in [6.07, 6.45) is 4.01. The largest absolute Gasteiger partial charge is 0.497 e. The van der Waals surface area contributed by atoms with Crippen molar-refractivity contribution in [2.24, 2.45) is 11.3 Å². The number of nitrogens with one attached hydrogen (secondary N) is 3. The highest BCUT2D eigenvalue weighted by molar-refractivity contribution is 7.13. The van der Waals surface area contributed by atoms with Gasteiger partial charge in [0.2, 0.25) is 23.0 Å². The van der Waals surface area contributed by atoms with Gasteiger partial charge >= 0.3 is 12.1 Å². The Morgan fingerprint density at radius 2 is 1.90 bits per heavy atom. The fraction of sp³-hybridized carbons (Fsp3) is 0.514. The highest BCUT2D eigenvalue weighted by atomic mass is 32.1. The van der Waals surface area contributed by atoms with Crippen LogP contribution in [0.2, 0.25) is 0 Å². The molecular formula is C37H47N6O8S+. The minimum Gasteiger partial charge on any atom is -0.497 e. The van der Waals surface area contributed by atoms with Crippen molar-refractivity contribution in [2.45, 2.75) is 89.1 Å². The van der Waals surface area contributed by atoms with E-state index in [4.69, 9.17) is 24.7 Å². The lowest BCUT2D eigenvalue weighted by atomic mass is 9.85. The first-order valence-electron chi connectivity index (χ1n) is 17.5. The molecule has 278 valence electrons. The number of rotatable bonds is 11. The van der Waals surface area contributed by atoms with Crippen molar-refractivity contribution in [3.8, 4) is 22.9 Å². The summed E-state index contributed by atoms with van der Waals surface area (Å²) in [5.41, 5.74) is 5.90. The van der Waals surface area contributed by atoms with E-state index >= 15 is 0 Å². The van der Waals surface area contributed by atoms with Gasteiger partial charge in [0.05, 0.1) is 38.3 Å². The van der Waals surface area contributed by atoms with Gasteiger partial charge in [-0.2, -0.15) is 0 Å². The van der Waals surface area contributed by atoms with Crippen LogP contribution in [0, 0.1) is 11.3 Å². The maximum atomic E-state index is 14.6. The minimum absolute atomic E-state index is 0.0220. The van der Waals surface area contributed by atoms with Gasteiger partial charge in [-0.05, 0) is 49.7 Å². The zero-order valence-electron chi connectivity index (χ0n) is 30.2. The molecule has 3 heterocycles. The van der Waals surface area contributed by atoms with E-state index in [2.05, 4.69) is 27.2 Å². The molecule has 5 atom stereocenters. The van der Waals surface area contributed by atoms with Crippen LogP contribution < -0.4 is 30.8 Å². The number of nitrogens with two attached hydrogens (primary N) is 1. The molecule has 2 saturated carbocycles. The third kappa shape index (κ3) is 7.50. The normalized spacial score (nSPS) is 23.5. The number of nitrogens with zero attached hydrogens (tertiary/aromatic N) is 2. The standard InChI is InChI=1S/C37H46N6O8S/c1-7-20-17-37(20,33(46)49-6)42-31(44)28-15-23(18-43(28)32(45)30(36(2,3)4)41-35(47)51-21-10-8-9-11-21)50-29-16-26(27-19-52-34(38)40-27)39-25-14-22(48-5)12-13-24(25)29/h7,12-14,16,19-21,23,28,30H,1,8-11,15,17-18H2,2-6H3,(H2,38,40)(H,41,47)(H,42,44)/p+1/t20?,23-,28+,30-,37-/m1/s1. The molecule has 15 heteroatoms. The second-order valence-corrected chi connectivity index (χ2v) is 15.7. The quantitative estimate of drug-likeness (QED) is 0.192. The van der Waals surface area contributed by atoms with Crippen molar-refractivity contribution in [1.82, 2.24) is 20.5 Å². The van der Waals surface area contributed by atoms with Gasteiger partial charge in [-0.25, -0.2) is 19.6 Å². The van der Waals surface area contributed by atoms with E-state index in [-0.39, 0.29) is 25.0 Å². The van der Waals surface area contributed by atoms with Crippen molar-refractivity contribution in [2.75, 3.05) is 26.5 Å². The van der Waals surface area contributed by atoms with Gasteiger partial charge in [-0.1, -0.05) is 26.8 Å². The van der Waals surface area contributed by atoms with Crippen LogP contribution in [0.15, 0.2) is 42.3 Å². The predicted octanol–water partition coefficient (Wildman–Crippen LogP) is 4.03. The van der Waals surface area contributed by atoms with Crippen LogP contribution in [-0.2, 0) is 23.9 Å². The summed E-state index contributed by atoms with van der Waals surface area (Å²) in [6, 6.07) is 5.25. The molecule has 5 N–H and O–H groups in total. The number of H-pyrrole nitrogens is 1. The number of esters is 1. The summed E-state index contributed by atoms with van der Waals surface area (Å²) in [5.74, 6) is -0.801. The van der Waals surface area contributed by atoms with Crippen molar-refractivity contribution >= 4 is 51.2 Å². The molecule has 1 aromatic carbocycles. The number of nitrogen functional groups attached to an aromatic ring is 1. The number of benzene rings is 1. The van der Waals surface area contributed by atoms with Crippen molar-refractivity contribution < 1.29 is 43.1 Å². The Morgan fingerprint density at radius 1 is 1.15 bits per heavy atom. The lowest BCUT2D eigenvalue weighted by Crippen LogP contribution is -2.59. The molecule has 2 aromatic heterocycles. The fourth-order valence-electron chi connectivity index (χ4n) is 7.17. The summed E-state index contributed by atoms with van der Waals surface area (Å²) in [6.45, 7) is 9.34. The van der Waals surface area contributed by atoms with Gasteiger partial charge in [-0.3, -0.25) is 9.59 Å². The number of anilines is 1. The maximum Gasteiger partial charge on any atom is 0.408 e. The highest BCUT2D eigenvalue weighted by Gasteiger charge is 2.62. The number of hydrogen-bond donors (Lipinski definition) is 3. The first-order valence-corrected chi connectivity index (χ1v) is 18.4. The van der Waals surface area contributed by atoms with Crippen LogP contribution >= 0.6 is 11.3 Å². The molecule has 3 fully saturated rings. The number of fused-ring (bicyclic) bond motifs is 1. The second kappa shape index (κ2) is 14.6. The van der Waals surface area contributed by atoms with E-state index < -0.39 is 53.0 Å². The Bertz CT molecular complexity index is 1870. The monoisotopic (exact) mass is 735 g/mol. The molecule has 3 aliphatic rings. The third-order valence-corrected chi connectivity index (χ3v) is 10.8. The van der Waals surface area contributed by atoms with E-state index in [1.807, 2.05) is 50.4 Å². The number of alkyl carbamates (subject to hydrolysis) is 1. The molecule has 0 spiro atoms. The summed E-state index contributed by atoms with van der Waals surface area (Å²) in [7, 11) is 2.84. The Kier molecular flexibility index (Phi) is 10.4. The minimum atomic E-state index is -1.27. The number of aromatic nitrogens is 2. The van der Waals surface area contributed by atoms with Gasteiger partial charge in [-0.15, -0.1) is 17.9 Å². The Morgan fingerprint density at radius 3 is 2.52 bits per heavy atom. The summed E-state index contributed by atoms with van der Waals surface area (Å²) in [5, 5.41) is 8.67. The number of pyridine rings is 1. The summed E-state index contributed by atoms with van der Waals surface area (Å²) >= 11 is 1.30. The van der Waals surface area contributed by atoms with Gasteiger partial charge < -0.3 is 40.2 Å². The molecular weight excluding hydrogens is 689 g/mol. The molecule has 3 amide bonds. The third-order valence-electron chi connectivity index (χ3n) is 10.1. The van der Waals surface area contributed by atoms with Crippen molar-refractivity contribution in [3.63, 3.8) is 0 Å². The van der Waals surface area contributed by atoms with E-state index in [0.717, 1.165) is 31.1 Å². The molecule has 2 aliphatic carbocycles. The van der Waals surface area contributed by atoms with E-state index in [1.54, 1.807) is 13.2 Å². The predicted molar refractivity (Wildman–Crippen MR) is 193 cm³/mol. The van der Waals surface area contributed by atoms with Crippen molar-refractivity contribution in [1.29, 1.82) is 0 Å². The second-order valence-electron chi connectivity index (χ2n) is 14.8. The molecule has 1 aliphatic heterocycles. The van der Waals surface area contributed by atoms with Crippen LogP contribution in [0.25, 0.3) is 22.3 Å². The number of ether oxygens (including phenoxy) is 4. The van der Waals surface area contributed by atoms with E-state index in [9.17, 15) is 19.2 Å². The summed E-state index contributed by atoms with van der Waals surface area (Å²) < 4.78 is 22.8. The maximum absolute atomic E-state index is 14.6. The number of carbonyl (C=O) groups excluding carboxylic acids is 4. The number of methoxy groups -OCH3 is 2. The Hall–Kier alpha value is -4.92. The smallest absolute Gasteiger partial charge is 0.408 e. The number of hydrogen-bond acceptors (Lipinski definition) is 11. The molecule has 6 rings (SSSR count). The van der Waals surface area contributed by atoms with Gasteiger partial charge in [0.15, 0.2) is 5.13 Å².